The van der Waals surface area contributed by atoms with E-state index in [1.807, 2.05) is 38.1 Å². The Bertz CT molecular complexity index is 500. The molecule has 0 amide bonds. The zero-order chi connectivity index (χ0) is 12.4. The van der Waals surface area contributed by atoms with Crippen LogP contribution in [0, 0.1) is 5.92 Å². The number of benzene rings is 1. The number of carbonyl (C=O) groups is 1. The van der Waals surface area contributed by atoms with Crippen molar-refractivity contribution >= 4 is 27.3 Å². The van der Waals surface area contributed by atoms with Gasteiger partial charge in [-0.1, -0.05) is 19.1 Å². The fourth-order valence-corrected chi connectivity index (χ4v) is 2.58. The van der Waals surface area contributed by atoms with Crippen LogP contribution in [0.15, 0.2) is 24.3 Å². The topological polar surface area (TPSA) is 56.0 Å². The molecule has 3 nitrogen and oxygen atoms in total. The third kappa shape index (κ3) is 2.70. The molecular weight excluding hydrogens is 232 g/mol. The Morgan fingerprint density at radius 1 is 1.41 bits per heavy atom. The second-order valence-electron chi connectivity index (χ2n) is 4.37. The fraction of sp³-hybridized carbons (Fsp3) is 0.385. The Morgan fingerprint density at radius 3 is 2.76 bits per heavy atom. The van der Waals surface area contributed by atoms with E-state index in [-0.39, 0.29) is 17.7 Å². The summed E-state index contributed by atoms with van der Waals surface area (Å²) in [6.07, 6.45) is 0.391. The zero-order valence-electron chi connectivity index (χ0n) is 10.0. The van der Waals surface area contributed by atoms with Crippen molar-refractivity contribution in [3.8, 4) is 0 Å². The molecule has 2 rings (SSSR count). The van der Waals surface area contributed by atoms with Crippen LogP contribution >= 0.6 is 11.3 Å². The standard InChI is InChI=1S/C13H16N2OS/c1-8(9(2)14)11(16)7-13-15-10-5-3-4-6-12(10)17-13/h3-6,8-9H,7,14H2,1-2H3. The monoisotopic (exact) mass is 248 g/mol. The van der Waals surface area contributed by atoms with Gasteiger partial charge in [-0.25, -0.2) is 4.98 Å². The summed E-state index contributed by atoms with van der Waals surface area (Å²) < 4.78 is 1.13. The summed E-state index contributed by atoms with van der Waals surface area (Å²) in [4.78, 5) is 16.4. The van der Waals surface area contributed by atoms with Crippen LogP contribution in [0.5, 0.6) is 0 Å². The first kappa shape index (κ1) is 12.2. The van der Waals surface area contributed by atoms with E-state index in [0.29, 0.717) is 6.42 Å². The number of ketones is 1. The summed E-state index contributed by atoms with van der Waals surface area (Å²) in [5.41, 5.74) is 6.69. The molecule has 0 aliphatic carbocycles. The van der Waals surface area contributed by atoms with E-state index in [0.717, 1.165) is 15.2 Å². The van der Waals surface area contributed by atoms with Crippen LogP contribution in [-0.4, -0.2) is 16.8 Å². The number of Topliss-reactive ketones (excluding diaryl/α,β-unsaturated/α-hetero) is 1. The molecule has 1 aromatic carbocycles. The van der Waals surface area contributed by atoms with E-state index in [9.17, 15) is 4.79 Å². The molecule has 1 heterocycles. The molecule has 0 spiro atoms. The van der Waals surface area contributed by atoms with Gasteiger partial charge in [0.05, 0.1) is 16.6 Å². The minimum absolute atomic E-state index is 0.100. The maximum Gasteiger partial charge on any atom is 0.144 e. The van der Waals surface area contributed by atoms with Crippen molar-refractivity contribution in [2.45, 2.75) is 26.3 Å². The first-order valence-corrected chi connectivity index (χ1v) is 6.52. The van der Waals surface area contributed by atoms with Crippen LogP contribution in [0.25, 0.3) is 10.2 Å². The summed E-state index contributed by atoms with van der Waals surface area (Å²) in [5.74, 6) is 0.0565. The number of thiazole rings is 1. The highest BCUT2D eigenvalue weighted by molar-refractivity contribution is 7.18. The molecule has 17 heavy (non-hydrogen) atoms. The van der Waals surface area contributed by atoms with E-state index in [1.54, 1.807) is 11.3 Å². The molecule has 1 aromatic heterocycles. The molecule has 90 valence electrons. The van der Waals surface area contributed by atoms with Crippen LogP contribution in [0.3, 0.4) is 0 Å². The second kappa shape index (κ2) is 4.94. The molecular formula is C13H16N2OS. The molecule has 0 saturated heterocycles. The lowest BCUT2D eigenvalue weighted by Gasteiger charge is -2.12. The molecule has 2 N–H and O–H groups in total. The molecule has 2 aromatic rings. The SMILES string of the molecule is CC(N)C(C)C(=O)Cc1nc2ccccc2s1. The number of rotatable bonds is 4. The summed E-state index contributed by atoms with van der Waals surface area (Å²) in [7, 11) is 0. The smallest absolute Gasteiger partial charge is 0.144 e. The normalized spacial score (nSPS) is 14.8. The van der Waals surface area contributed by atoms with Crippen molar-refractivity contribution in [1.29, 1.82) is 0 Å². The Hall–Kier alpha value is -1.26. The van der Waals surface area contributed by atoms with E-state index in [4.69, 9.17) is 5.73 Å². The van der Waals surface area contributed by atoms with E-state index in [2.05, 4.69) is 4.98 Å². The highest BCUT2D eigenvalue weighted by Gasteiger charge is 2.18. The highest BCUT2D eigenvalue weighted by atomic mass is 32.1. The predicted octanol–water partition coefficient (Wildman–Crippen LogP) is 2.39. The van der Waals surface area contributed by atoms with Crippen molar-refractivity contribution in [3.05, 3.63) is 29.3 Å². The van der Waals surface area contributed by atoms with E-state index >= 15 is 0 Å². The van der Waals surface area contributed by atoms with Gasteiger partial charge in [0.2, 0.25) is 0 Å². The largest absolute Gasteiger partial charge is 0.327 e. The maximum atomic E-state index is 11.9. The molecule has 0 aliphatic heterocycles. The van der Waals surface area contributed by atoms with E-state index < -0.39 is 0 Å². The van der Waals surface area contributed by atoms with E-state index in [1.165, 1.54) is 0 Å². The van der Waals surface area contributed by atoms with Crippen molar-refractivity contribution in [2.75, 3.05) is 0 Å². The fourth-order valence-electron chi connectivity index (χ4n) is 1.60. The van der Waals surface area contributed by atoms with Crippen molar-refractivity contribution in [2.24, 2.45) is 11.7 Å². The molecule has 4 heteroatoms. The van der Waals surface area contributed by atoms with Gasteiger partial charge in [0.25, 0.3) is 0 Å². The van der Waals surface area contributed by atoms with Crippen LogP contribution in [-0.2, 0) is 11.2 Å². The highest BCUT2D eigenvalue weighted by Crippen LogP contribution is 2.22. The van der Waals surface area contributed by atoms with Crippen molar-refractivity contribution in [1.82, 2.24) is 4.98 Å². The third-order valence-corrected chi connectivity index (χ3v) is 4.00. The summed E-state index contributed by atoms with van der Waals surface area (Å²) in [6, 6.07) is 7.83. The molecule has 0 aliphatic rings. The van der Waals surface area contributed by atoms with Crippen molar-refractivity contribution < 1.29 is 4.79 Å². The zero-order valence-corrected chi connectivity index (χ0v) is 10.8. The van der Waals surface area contributed by atoms with Gasteiger partial charge in [-0.05, 0) is 19.1 Å². The average molecular weight is 248 g/mol. The molecule has 0 saturated carbocycles. The lowest BCUT2D eigenvalue weighted by molar-refractivity contribution is -0.122. The first-order chi connectivity index (χ1) is 8.08. The van der Waals surface area contributed by atoms with Crippen LogP contribution in [0.1, 0.15) is 18.9 Å². The Morgan fingerprint density at radius 2 is 2.12 bits per heavy atom. The number of fused-ring (bicyclic) bond motifs is 1. The van der Waals surface area contributed by atoms with Crippen LogP contribution in [0.4, 0.5) is 0 Å². The summed E-state index contributed by atoms with van der Waals surface area (Å²) in [5, 5.41) is 0.878. The molecule has 2 unspecified atom stereocenters. The van der Waals surface area contributed by atoms with Crippen LogP contribution < -0.4 is 5.73 Å². The Labute approximate surface area is 105 Å². The summed E-state index contributed by atoms with van der Waals surface area (Å²) in [6.45, 7) is 3.74. The van der Waals surface area contributed by atoms with Gasteiger partial charge in [-0.2, -0.15) is 0 Å². The number of hydrogen-bond donors (Lipinski definition) is 1. The second-order valence-corrected chi connectivity index (χ2v) is 5.48. The molecule has 0 radical (unpaired) electrons. The Kier molecular flexibility index (Phi) is 3.54. The lowest BCUT2D eigenvalue weighted by Crippen LogP contribution is -2.31. The lowest BCUT2D eigenvalue weighted by atomic mass is 9.97. The minimum Gasteiger partial charge on any atom is -0.327 e. The average Bonchev–Trinajstić information content (AvgIpc) is 2.69. The molecule has 0 bridgehead atoms. The van der Waals surface area contributed by atoms with Gasteiger partial charge >= 0.3 is 0 Å². The van der Waals surface area contributed by atoms with Gasteiger partial charge in [0, 0.05) is 12.0 Å². The van der Waals surface area contributed by atoms with Gasteiger partial charge in [-0.15, -0.1) is 11.3 Å². The number of hydrogen-bond acceptors (Lipinski definition) is 4. The number of nitrogens with zero attached hydrogens (tertiary/aromatic N) is 1. The number of aromatic nitrogens is 1. The molecule has 2 atom stereocenters. The quantitative estimate of drug-likeness (QED) is 0.904. The third-order valence-electron chi connectivity index (χ3n) is 2.96. The maximum absolute atomic E-state index is 11.9. The van der Waals surface area contributed by atoms with Crippen molar-refractivity contribution in [3.63, 3.8) is 0 Å². The number of nitrogens with two attached hydrogens (primary N) is 1. The van der Waals surface area contributed by atoms with Gasteiger partial charge in [0.1, 0.15) is 10.8 Å². The minimum atomic E-state index is -0.109. The van der Waals surface area contributed by atoms with Gasteiger partial charge in [-0.3, -0.25) is 4.79 Å². The van der Waals surface area contributed by atoms with Crippen LogP contribution in [0.2, 0.25) is 0 Å². The first-order valence-electron chi connectivity index (χ1n) is 5.70. The number of para-hydroxylation sites is 1. The molecule has 0 fully saturated rings. The van der Waals surface area contributed by atoms with Gasteiger partial charge in [0.15, 0.2) is 0 Å². The predicted molar refractivity (Wildman–Crippen MR) is 71.1 cm³/mol. The Balaban J connectivity index is 2.16. The summed E-state index contributed by atoms with van der Waals surface area (Å²) >= 11 is 1.58. The van der Waals surface area contributed by atoms with Gasteiger partial charge < -0.3 is 5.73 Å². The number of carbonyl (C=O) groups excluding carboxylic acids is 1.